The third kappa shape index (κ3) is 7.43. The van der Waals surface area contributed by atoms with Gasteiger partial charge >= 0.3 is 5.63 Å². The molecule has 0 bridgehead atoms. The number of rotatable bonds is 15. The van der Waals surface area contributed by atoms with Gasteiger partial charge in [-0.25, -0.2) is 4.79 Å². The minimum atomic E-state index is -0.664. The van der Waals surface area contributed by atoms with Crippen LogP contribution in [0.1, 0.15) is 78.1 Å². The summed E-state index contributed by atoms with van der Waals surface area (Å²) in [5, 5.41) is 11.1. The van der Waals surface area contributed by atoms with Gasteiger partial charge in [0.1, 0.15) is 16.7 Å². The molecule has 5 nitrogen and oxygen atoms in total. The van der Waals surface area contributed by atoms with E-state index in [9.17, 15) is 9.90 Å². The van der Waals surface area contributed by atoms with Crippen LogP contribution in [0.2, 0.25) is 0 Å². The van der Waals surface area contributed by atoms with Crippen molar-refractivity contribution in [2.75, 3.05) is 13.2 Å². The summed E-state index contributed by atoms with van der Waals surface area (Å²) in [6, 6.07) is 5.14. The second kappa shape index (κ2) is 13.7. The quantitative estimate of drug-likeness (QED) is 0.197. The minimum absolute atomic E-state index is 0.132. The molecule has 0 spiro atoms. The lowest BCUT2D eigenvalue weighted by Gasteiger charge is -2.12. The Morgan fingerprint density at radius 3 is 2.40 bits per heavy atom. The van der Waals surface area contributed by atoms with E-state index in [1.54, 1.807) is 18.2 Å². The standard InChI is InChI=1S/C25H36O5/c1-3-5-7-9-10-11-12-14-19-29-24-23(26)22-20(28-18-13-8-6-4-2)16-15-17-21(22)30-25(24)27/h6,8,15-17,26H,3-5,7,9-14,18-19H2,1-2H3. The Labute approximate surface area is 179 Å². The zero-order valence-electron chi connectivity index (χ0n) is 18.5. The number of hydrogen-bond acceptors (Lipinski definition) is 5. The van der Waals surface area contributed by atoms with Crippen LogP contribution in [-0.4, -0.2) is 18.3 Å². The molecule has 1 aromatic heterocycles. The molecule has 30 heavy (non-hydrogen) atoms. The first kappa shape index (κ1) is 23.8. The first-order valence-electron chi connectivity index (χ1n) is 11.4. The van der Waals surface area contributed by atoms with Crippen molar-refractivity contribution < 1.29 is 19.0 Å². The third-order valence-corrected chi connectivity index (χ3v) is 5.02. The normalized spacial score (nSPS) is 11.4. The van der Waals surface area contributed by atoms with Crippen molar-refractivity contribution in [1.82, 2.24) is 0 Å². The number of benzene rings is 1. The van der Waals surface area contributed by atoms with Gasteiger partial charge in [0.2, 0.25) is 5.75 Å². The molecule has 0 amide bonds. The highest BCUT2D eigenvalue weighted by molar-refractivity contribution is 5.91. The van der Waals surface area contributed by atoms with E-state index < -0.39 is 5.63 Å². The summed E-state index contributed by atoms with van der Waals surface area (Å²) in [6.07, 6.45) is 15.3. The second-order valence-corrected chi connectivity index (χ2v) is 7.54. The van der Waals surface area contributed by atoms with Gasteiger partial charge in [0, 0.05) is 0 Å². The predicted octanol–water partition coefficient (Wildman–Crippen LogP) is 6.75. The van der Waals surface area contributed by atoms with Crippen LogP contribution in [0.5, 0.6) is 17.2 Å². The largest absolute Gasteiger partial charge is 0.503 e. The molecule has 1 aromatic carbocycles. The van der Waals surface area contributed by atoms with Gasteiger partial charge in [-0.05, 0) is 31.4 Å². The Bertz CT molecular complexity index is 837. The zero-order chi connectivity index (χ0) is 21.6. The van der Waals surface area contributed by atoms with Crippen molar-refractivity contribution in [3.05, 3.63) is 40.8 Å². The fourth-order valence-electron chi connectivity index (χ4n) is 3.37. The first-order chi connectivity index (χ1) is 14.7. The molecule has 0 aliphatic rings. The summed E-state index contributed by atoms with van der Waals surface area (Å²) in [6.45, 7) is 5.15. The minimum Gasteiger partial charge on any atom is -0.503 e. The van der Waals surface area contributed by atoms with E-state index >= 15 is 0 Å². The summed E-state index contributed by atoms with van der Waals surface area (Å²) in [7, 11) is 0. The highest BCUT2D eigenvalue weighted by atomic mass is 16.5. The summed E-state index contributed by atoms with van der Waals surface area (Å²) < 4.78 is 16.8. The number of unbranched alkanes of at least 4 members (excludes halogenated alkanes) is 7. The van der Waals surface area contributed by atoms with Gasteiger partial charge in [0.15, 0.2) is 5.75 Å². The van der Waals surface area contributed by atoms with E-state index in [1.807, 2.05) is 0 Å². The van der Waals surface area contributed by atoms with Gasteiger partial charge in [-0.2, -0.15) is 0 Å². The van der Waals surface area contributed by atoms with E-state index in [1.165, 1.54) is 32.1 Å². The van der Waals surface area contributed by atoms with Gasteiger partial charge in [0.05, 0.1) is 13.2 Å². The number of allylic oxidation sites excluding steroid dienone is 1. The molecule has 0 saturated carbocycles. The van der Waals surface area contributed by atoms with Gasteiger partial charge in [-0.3, -0.25) is 0 Å². The molecule has 0 aliphatic carbocycles. The van der Waals surface area contributed by atoms with Crippen LogP contribution in [0.3, 0.4) is 0 Å². The lowest BCUT2D eigenvalue weighted by molar-refractivity contribution is 0.274. The molecule has 0 atom stereocenters. The van der Waals surface area contributed by atoms with Crippen LogP contribution in [-0.2, 0) is 0 Å². The van der Waals surface area contributed by atoms with Crippen LogP contribution in [0.15, 0.2) is 39.6 Å². The Hall–Kier alpha value is -2.43. The number of fused-ring (bicyclic) bond motifs is 1. The molecule has 0 fully saturated rings. The number of ether oxygens (including phenoxy) is 2. The lowest BCUT2D eigenvalue weighted by Crippen LogP contribution is -2.09. The van der Waals surface area contributed by atoms with Crippen molar-refractivity contribution >= 4 is 11.0 Å². The number of hydrogen-bond donors (Lipinski definition) is 1. The summed E-state index contributed by atoms with van der Waals surface area (Å²) in [5.41, 5.74) is -0.374. The maximum Gasteiger partial charge on any atom is 0.383 e. The summed E-state index contributed by atoms with van der Waals surface area (Å²) >= 11 is 0. The molecule has 2 rings (SSSR count). The van der Waals surface area contributed by atoms with Gasteiger partial charge in [-0.15, -0.1) is 0 Å². The topological polar surface area (TPSA) is 68.9 Å². The van der Waals surface area contributed by atoms with Crippen LogP contribution < -0.4 is 15.1 Å². The molecule has 2 aromatic rings. The molecule has 0 aliphatic heterocycles. The van der Waals surface area contributed by atoms with Crippen molar-refractivity contribution in [3.8, 4) is 17.2 Å². The smallest absolute Gasteiger partial charge is 0.383 e. The molecule has 1 heterocycles. The second-order valence-electron chi connectivity index (χ2n) is 7.54. The first-order valence-corrected chi connectivity index (χ1v) is 11.4. The predicted molar refractivity (Wildman–Crippen MR) is 122 cm³/mol. The maximum atomic E-state index is 12.3. The molecule has 0 radical (unpaired) electrons. The van der Waals surface area contributed by atoms with Gasteiger partial charge in [0.25, 0.3) is 0 Å². The zero-order valence-corrected chi connectivity index (χ0v) is 18.5. The van der Waals surface area contributed by atoms with Crippen molar-refractivity contribution in [2.24, 2.45) is 0 Å². The Morgan fingerprint density at radius 1 is 0.933 bits per heavy atom. The maximum absolute atomic E-state index is 12.3. The molecular weight excluding hydrogens is 380 g/mol. The monoisotopic (exact) mass is 416 g/mol. The fraction of sp³-hybridized carbons (Fsp3) is 0.560. The summed E-state index contributed by atoms with van der Waals surface area (Å²) in [4.78, 5) is 12.3. The Morgan fingerprint density at radius 2 is 1.67 bits per heavy atom. The fourth-order valence-corrected chi connectivity index (χ4v) is 3.37. The van der Waals surface area contributed by atoms with Crippen LogP contribution in [0, 0.1) is 0 Å². The van der Waals surface area contributed by atoms with Crippen LogP contribution in [0.4, 0.5) is 0 Å². The SMILES string of the molecule is CCC=CCCOc1cccc2oc(=O)c(OCCCCCCCCCC)c(O)c12. The molecule has 166 valence electrons. The van der Waals surface area contributed by atoms with E-state index in [0.717, 1.165) is 32.1 Å². The molecule has 0 saturated heterocycles. The Kier molecular flexibility index (Phi) is 10.9. The van der Waals surface area contributed by atoms with E-state index in [0.29, 0.717) is 29.9 Å². The van der Waals surface area contributed by atoms with Gasteiger partial charge in [-0.1, -0.05) is 77.0 Å². The molecular formula is C25H36O5. The average molecular weight is 417 g/mol. The van der Waals surface area contributed by atoms with Crippen molar-refractivity contribution in [2.45, 2.75) is 78.1 Å². The summed E-state index contributed by atoms with van der Waals surface area (Å²) in [5.74, 6) is 0.142. The van der Waals surface area contributed by atoms with Crippen LogP contribution in [0.25, 0.3) is 11.0 Å². The lowest BCUT2D eigenvalue weighted by atomic mass is 10.1. The molecule has 0 unspecified atom stereocenters. The molecule has 1 N–H and O–H groups in total. The highest BCUT2D eigenvalue weighted by Crippen LogP contribution is 2.37. The van der Waals surface area contributed by atoms with Crippen molar-refractivity contribution in [1.29, 1.82) is 0 Å². The van der Waals surface area contributed by atoms with Crippen LogP contribution >= 0.6 is 0 Å². The highest BCUT2D eigenvalue weighted by Gasteiger charge is 2.18. The van der Waals surface area contributed by atoms with E-state index in [-0.39, 0.29) is 11.5 Å². The third-order valence-electron chi connectivity index (χ3n) is 5.02. The van der Waals surface area contributed by atoms with Gasteiger partial charge < -0.3 is 19.0 Å². The van der Waals surface area contributed by atoms with Crippen molar-refractivity contribution in [3.63, 3.8) is 0 Å². The number of aromatic hydroxyl groups is 1. The average Bonchev–Trinajstić information content (AvgIpc) is 2.74. The van der Waals surface area contributed by atoms with E-state index in [4.69, 9.17) is 13.9 Å². The Balaban J connectivity index is 1.95. The molecule has 5 heteroatoms. The van der Waals surface area contributed by atoms with E-state index in [2.05, 4.69) is 26.0 Å².